The van der Waals surface area contributed by atoms with E-state index >= 15 is 0 Å². The minimum absolute atomic E-state index is 0.169. The summed E-state index contributed by atoms with van der Waals surface area (Å²) in [7, 11) is 1.60. The van der Waals surface area contributed by atoms with Gasteiger partial charge in [-0.1, -0.05) is 51.0 Å². The lowest BCUT2D eigenvalue weighted by Crippen LogP contribution is -2.41. The fourth-order valence-corrected chi connectivity index (χ4v) is 7.89. The number of fused-ring (bicyclic) bond motifs is 1. The predicted molar refractivity (Wildman–Crippen MR) is 162 cm³/mol. The Bertz CT molecular complexity index is 1110. The van der Waals surface area contributed by atoms with Crippen LogP contribution in [0.1, 0.15) is 102 Å². The molecule has 0 aliphatic heterocycles. The van der Waals surface area contributed by atoms with Crippen LogP contribution in [0.2, 0.25) is 0 Å². The Morgan fingerprint density at radius 3 is 2.65 bits per heavy atom. The number of allylic oxidation sites excluding steroid dienone is 3. The molecule has 3 fully saturated rings. The number of aliphatic hydroxyl groups excluding tert-OH is 1. The van der Waals surface area contributed by atoms with Crippen molar-refractivity contribution in [1.29, 1.82) is 0 Å². The van der Waals surface area contributed by atoms with E-state index in [2.05, 4.69) is 37.9 Å². The summed E-state index contributed by atoms with van der Waals surface area (Å²) in [6.07, 6.45) is 14.3. The van der Waals surface area contributed by atoms with Crippen molar-refractivity contribution in [3.8, 4) is 5.75 Å². The number of rotatable bonds is 9. The molecular formula is C35H51NO4. The highest BCUT2D eigenvalue weighted by atomic mass is 16.5. The van der Waals surface area contributed by atoms with Gasteiger partial charge in [0.15, 0.2) is 0 Å². The molecule has 3 aliphatic carbocycles. The van der Waals surface area contributed by atoms with Gasteiger partial charge in [0.05, 0.1) is 24.9 Å². The van der Waals surface area contributed by atoms with Crippen molar-refractivity contribution in [2.45, 2.75) is 110 Å². The molecule has 0 aromatic heterocycles. The Kier molecular flexibility index (Phi) is 9.67. The zero-order valence-electron chi connectivity index (χ0n) is 25.3. The molecule has 40 heavy (non-hydrogen) atoms. The molecule has 0 saturated heterocycles. The highest BCUT2D eigenvalue weighted by Gasteiger charge is 2.50. The second kappa shape index (κ2) is 12.7. The van der Waals surface area contributed by atoms with Gasteiger partial charge in [0.2, 0.25) is 0 Å². The van der Waals surface area contributed by atoms with E-state index in [0.717, 1.165) is 36.3 Å². The number of hydrogen-bond acceptors (Lipinski definition) is 4. The van der Waals surface area contributed by atoms with Crippen molar-refractivity contribution in [3.05, 3.63) is 65.3 Å². The van der Waals surface area contributed by atoms with E-state index in [9.17, 15) is 15.0 Å². The first-order valence-electron chi connectivity index (χ1n) is 15.4. The Hall–Kier alpha value is -2.37. The second-order valence-electron chi connectivity index (χ2n) is 13.6. The lowest BCUT2D eigenvalue weighted by atomic mass is 9.60. The van der Waals surface area contributed by atoms with E-state index in [-0.39, 0.29) is 11.9 Å². The summed E-state index contributed by atoms with van der Waals surface area (Å²) < 4.78 is 5.20. The zero-order chi connectivity index (χ0) is 29.1. The number of methoxy groups -OCH3 is 1. The molecular weight excluding hydrogens is 498 g/mol. The van der Waals surface area contributed by atoms with Crippen molar-refractivity contribution in [3.63, 3.8) is 0 Å². The minimum atomic E-state index is -0.579. The normalized spacial score (nSPS) is 31.7. The van der Waals surface area contributed by atoms with Gasteiger partial charge in [-0.2, -0.15) is 0 Å². The molecule has 3 N–H and O–H groups in total. The molecule has 1 amide bonds. The maximum Gasteiger partial charge on any atom is 0.251 e. The SMILES string of the molecule is C=C1/C(=C\C=C2/CCC[C@]3(C)[C@@H]([C@H](C)CCCC(C)(C)O)CC[C@@H]23)C[C@@H](O)CC1NC(=O)c1ccc(OC)cc1. The van der Waals surface area contributed by atoms with E-state index in [1.165, 1.54) is 32.1 Å². The number of nitrogens with one attached hydrogen (secondary N) is 1. The van der Waals surface area contributed by atoms with Crippen LogP contribution in [0.5, 0.6) is 5.75 Å². The van der Waals surface area contributed by atoms with Crippen molar-refractivity contribution >= 4 is 5.91 Å². The zero-order valence-corrected chi connectivity index (χ0v) is 25.3. The number of hydrogen-bond donors (Lipinski definition) is 3. The molecule has 0 bridgehead atoms. The number of ether oxygens (including phenoxy) is 1. The van der Waals surface area contributed by atoms with Gasteiger partial charge in [-0.15, -0.1) is 0 Å². The topological polar surface area (TPSA) is 78.8 Å². The smallest absolute Gasteiger partial charge is 0.251 e. The van der Waals surface area contributed by atoms with Crippen molar-refractivity contribution in [1.82, 2.24) is 5.32 Å². The lowest BCUT2D eigenvalue weighted by molar-refractivity contribution is 0.0596. The van der Waals surface area contributed by atoms with Crippen LogP contribution in [0.4, 0.5) is 0 Å². The molecule has 1 aromatic rings. The van der Waals surface area contributed by atoms with Gasteiger partial charge in [-0.25, -0.2) is 0 Å². The summed E-state index contributed by atoms with van der Waals surface area (Å²) in [6, 6.07) is 6.76. The van der Waals surface area contributed by atoms with Crippen LogP contribution in [-0.4, -0.2) is 41.0 Å². The van der Waals surface area contributed by atoms with Crippen LogP contribution in [-0.2, 0) is 0 Å². The quantitative estimate of drug-likeness (QED) is 0.306. The third-order valence-corrected chi connectivity index (χ3v) is 10.1. The van der Waals surface area contributed by atoms with E-state index in [1.807, 2.05) is 13.8 Å². The highest BCUT2D eigenvalue weighted by molar-refractivity contribution is 5.94. The molecule has 3 aliphatic rings. The Morgan fingerprint density at radius 1 is 1.25 bits per heavy atom. The lowest BCUT2D eigenvalue weighted by Gasteiger charge is -2.44. The molecule has 4 rings (SSSR count). The van der Waals surface area contributed by atoms with Crippen molar-refractivity contribution in [2.75, 3.05) is 7.11 Å². The van der Waals surface area contributed by atoms with Crippen molar-refractivity contribution < 1.29 is 19.7 Å². The highest BCUT2D eigenvalue weighted by Crippen LogP contribution is 2.60. The fraction of sp³-hybridized carbons (Fsp3) is 0.629. The molecule has 5 nitrogen and oxygen atoms in total. The summed E-state index contributed by atoms with van der Waals surface area (Å²) in [6.45, 7) is 13.1. The number of amides is 1. The molecule has 0 heterocycles. The first-order valence-corrected chi connectivity index (χ1v) is 15.4. The maximum absolute atomic E-state index is 12.9. The Balaban J connectivity index is 1.44. The summed E-state index contributed by atoms with van der Waals surface area (Å²) in [5.74, 6) is 2.53. The molecule has 0 radical (unpaired) electrons. The van der Waals surface area contributed by atoms with Crippen LogP contribution >= 0.6 is 0 Å². The summed E-state index contributed by atoms with van der Waals surface area (Å²) in [5.41, 5.74) is 3.78. The van der Waals surface area contributed by atoms with Crippen LogP contribution in [0.25, 0.3) is 0 Å². The van der Waals surface area contributed by atoms with Gasteiger partial charge in [0.1, 0.15) is 5.75 Å². The van der Waals surface area contributed by atoms with Gasteiger partial charge in [-0.3, -0.25) is 4.79 Å². The average molecular weight is 550 g/mol. The van der Waals surface area contributed by atoms with Crippen molar-refractivity contribution in [2.24, 2.45) is 23.2 Å². The first-order chi connectivity index (χ1) is 18.9. The Labute approximate surface area is 241 Å². The van der Waals surface area contributed by atoms with Crippen LogP contribution in [0.3, 0.4) is 0 Å². The monoisotopic (exact) mass is 549 g/mol. The third kappa shape index (κ3) is 7.09. The molecule has 5 heteroatoms. The van der Waals surface area contributed by atoms with E-state index in [0.29, 0.717) is 41.4 Å². The van der Waals surface area contributed by atoms with Gasteiger partial charge in [0, 0.05) is 5.56 Å². The Morgan fingerprint density at radius 2 is 1.98 bits per heavy atom. The number of carbonyl (C=O) groups excluding carboxylic acids is 1. The fourth-order valence-electron chi connectivity index (χ4n) is 7.89. The summed E-state index contributed by atoms with van der Waals surface area (Å²) in [4.78, 5) is 12.9. The molecule has 1 aromatic carbocycles. The minimum Gasteiger partial charge on any atom is -0.497 e. The van der Waals surface area contributed by atoms with Gasteiger partial charge >= 0.3 is 0 Å². The predicted octanol–water partition coefficient (Wildman–Crippen LogP) is 7.15. The maximum atomic E-state index is 12.9. The first kappa shape index (κ1) is 30.6. The number of carbonyl (C=O) groups is 1. The van der Waals surface area contributed by atoms with Gasteiger partial charge in [-0.05, 0) is 124 Å². The van der Waals surface area contributed by atoms with Gasteiger partial charge in [0.25, 0.3) is 5.91 Å². The molecule has 0 spiro atoms. The summed E-state index contributed by atoms with van der Waals surface area (Å²) >= 11 is 0. The molecule has 1 unspecified atom stereocenters. The molecule has 6 atom stereocenters. The number of aliphatic hydroxyl groups is 2. The molecule has 220 valence electrons. The van der Waals surface area contributed by atoms with E-state index in [4.69, 9.17) is 4.74 Å². The van der Waals surface area contributed by atoms with Crippen LogP contribution < -0.4 is 10.1 Å². The third-order valence-electron chi connectivity index (χ3n) is 10.1. The number of benzene rings is 1. The molecule has 3 saturated carbocycles. The second-order valence-corrected chi connectivity index (χ2v) is 13.6. The average Bonchev–Trinajstić information content (AvgIpc) is 3.26. The largest absolute Gasteiger partial charge is 0.497 e. The van der Waals surface area contributed by atoms with E-state index in [1.54, 1.807) is 36.9 Å². The van der Waals surface area contributed by atoms with Crippen LogP contribution in [0.15, 0.2) is 59.7 Å². The summed E-state index contributed by atoms with van der Waals surface area (Å²) in [5, 5.41) is 23.9. The van der Waals surface area contributed by atoms with E-state index < -0.39 is 11.7 Å². The standard InChI is InChI=1S/C35H51NO4/c1-23(9-7-19-34(3,4)39)30-17-18-31-25(10-8-20-35(30,31)5)11-12-27-21-28(37)22-32(24(27)2)36-33(38)26-13-15-29(40-6)16-14-26/h11-16,23,28,30-32,37,39H,2,7-10,17-22H2,1,3-6H3,(H,36,38)/b25-11+,27-12-/t23-,28-,30-,31+,32?,35-/m1/s1. The van der Waals surface area contributed by atoms with Crippen LogP contribution in [0, 0.1) is 23.2 Å². The van der Waals surface area contributed by atoms with Gasteiger partial charge < -0.3 is 20.3 Å².